The first-order valence-electron chi connectivity index (χ1n) is 8.90. The van der Waals surface area contributed by atoms with Gasteiger partial charge in [0.05, 0.1) is 13.5 Å². The zero-order valence-electron chi connectivity index (χ0n) is 16.8. The number of carbonyl (C=O) groups excluding carboxylic acids is 2. The van der Waals surface area contributed by atoms with E-state index >= 15 is 0 Å². The Labute approximate surface area is 192 Å². The van der Waals surface area contributed by atoms with Crippen LogP contribution in [0.3, 0.4) is 0 Å². The zero-order chi connectivity index (χ0) is 21.5. The van der Waals surface area contributed by atoms with E-state index in [0.717, 1.165) is 5.92 Å². The number of hydrogen-bond donors (Lipinski definition) is 1. The number of phenols is 1. The van der Waals surface area contributed by atoms with Crippen molar-refractivity contribution >= 4 is 17.6 Å². The summed E-state index contributed by atoms with van der Waals surface area (Å²) >= 11 is 0. The number of phenolic OH excluding ortho intramolecular Hbond substituents is 1. The van der Waals surface area contributed by atoms with Gasteiger partial charge in [-0.25, -0.2) is 0 Å². The largest absolute Gasteiger partial charge is 2.00 e. The molecular weight excluding hydrogens is 420 g/mol. The second kappa shape index (κ2) is 16.9. The summed E-state index contributed by atoms with van der Waals surface area (Å²) in [6.45, 7) is 6.93. The van der Waals surface area contributed by atoms with Crippen LogP contribution in [0.2, 0.25) is 0 Å². The molecule has 0 heterocycles. The van der Waals surface area contributed by atoms with Gasteiger partial charge in [0.25, 0.3) is 0 Å². The maximum atomic E-state index is 11.8. The fraction of sp³-hybridized carbons (Fsp3) is 0.0800. The van der Waals surface area contributed by atoms with Crippen LogP contribution >= 0.6 is 0 Å². The standard InChI is InChI=1S/C19H17O4.C6H8.Fe/c1-23-19-12-15(8-11-18(19)22)7-10-17(21)13-16(20)9-6-14-4-2-3-5-14;1-3-5-6-4-2;/h2-12,22H,13H2,1H3;3-6H,1-2H2;/q;;+2/b9-6+,10-7+;;. The molecule has 0 saturated heterocycles. The third kappa shape index (κ3) is 12.0. The number of ether oxygens (including phenoxy) is 1. The minimum absolute atomic E-state index is 0. The quantitative estimate of drug-likeness (QED) is 0.252. The van der Waals surface area contributed by atoms with Crippen LogP contribution in [0.25, 0.3) is 6.08 Å². The van der Waals surface area contributed by atoms with Crippen molar-refractivity contribution in [3.05, 3.63) is 113 Å². The van der Waals surface area contributed by atoms with Gasteiger partial charge in [-0.3, -0.25) is 9.59 Å². The molecular formula is C25H25FeO4+2. The molecule has 0 spiro atoms. The van der Waals surface area contributed by atoms with Crippen molar-refractivity contribution in [2.45, 2.75) is 6.42 Å². The normalized spacial score (nSPS) is 13.7. The molecule has 0 atom stereocenters. The van der Waals surface area contributed by atoms with Gasteiger partial charge in [0, 0.05) is 5.92 Å². The van der Waals surface area contributed by atoms with Crippen molar-refractivity contribution < 1.29 is 36.5 Å². The number of rotatable bonds is 10. The van der Waals surface area contributed by atoms with Crippen molar-refractivity contribution in [2.75, 3.05) is 7.11 Å². The van der Waals surface area contributed by atoms with Crippen LogP contribution in [0.15, 0.2) is 36.4 Å². The van der Waals surface area contributed by atoms with Crippen LogP contribution in [-0.2, 0) is 26.7 Å². The van der Waals surface area contributed by atoms with E-state index in [-0.39, 0.29) is 40.8 Å². The van der Waals surface area contributed by atoms with E-state index in [1.54, 1.807) is 37.1 Å². The summed E-state index contributed by atoms with van der Waals surface area (Å²) in [5.41, 5.74) is 0.702. The number of benzene rings is 1. The maximum absolute atomic E-state index is 11.8. The van der Waals surface area contributed by atoms with E-state index < -0.39 is 0 Å². The first-order chi connectivity index (χ1) is 14.0. The van der Waals surface area contributed by atoms with Crippen LogP contribution in [0.5, 0.6) is 11.5 Å². The zero-order valence-corrected chi connectivity index (χ0v) is 17.9. The Balaban J connectivity index is 0.00000105. The third-order valence-corrected chi connectivity index (χ3v) is 3.55. The smallest absolute Gasteiger partial charge is 0.504 e. The molecule has 0 unspecified atom stereocenters. The predicted octanol–water partition coefficient (Wildman–Crippen LogP) is 4.37. The van der Waals surface area contributed by atoms with Gasteiger partial charge < -0.3 is 9.84 Å². The fourth-order valence-electron chi connectivity index (χ4n) is 2.12. The number of allylic oxidation sites excluding steroid dienone is 3. The number of methoxy groups -OCH3 is 1. The van der Waals surface area contributed by atoms with Gasteiger partial charge in [0.1, 0.15) is 0 Å². The average Bonchev–Trinajstić information content (AvgIpc) is 3.24. The van der Waals surface area contributed by atoms with Gasteiger partial charge in [-0.2, -0.15) is 0 Å². The Morgan fingerprint density at radius 2 is 1.57 bits per heavy atom. The van der Waals surface area contributed by atoms with Gasteiger partial charge in [-0.1, -0.05) is 18.2 Å². The Kier molecular flexibility index (Phi) is 15.9. The molecule has 1 aromatic rings. The van der Waals surface area contributed by atoms with Gasteiger partial charge >= 0.3 is 17.1 Å². The van der Waals surface area contributed by atoms with Crippen LogP contribution < -0.4 is 4.74 Å². The first kappa shape index (κ1) is 28.2. The monoisotopic (exact) mass is 445 g/mol. The Hall–Kier alpha value is -1.84. The van der Waals surface area contributed by atoms with E-state index in [9.17, 15) is 14.7 Å². The summed E-state index contributed by atoms with van der Waals surface area (Å²) in [7, 11) is 1.45. The van der Waals surface area contributed by atoms with Crippen molar-refractivity contribution in [3.8, 4) is 11.5 Å². The van der Waals surface area contributed by atoms with E-state index in [2.05, 4.69) is 13.8 Å². The van der Waals surface area contributed by atoms with Crippen molar-refractivity contribution in [1.29, 1.82) is 0 Å². The topological polar surface area (TPSA) is 63.6 Å². The first-order valence-corrected chi connectivity index (χ1v) is 8.90. The van der Waals surface area contributed by atoms with E-state index in [1.807, 2.05) is 38.5 Å². The SMILES string of the molecule is COc1cc(/C=C/C(=O)CC(=O)/C=C/[C]2[CH][CH][CH][CH]2)ccc1O.[CH2][CH][CH][CH][CH][CH2].[Fe+2]. The van der Waals surface area contributed by atoms with Gasteiger partial charge in [-0.05, 0) is 95.1 Å². The molecule has 0 aromatic heterocycles. The maximum Gasteiger partial charge on any atom is 2.00 e. The van der Waals surface area contributed by atoms with Crippen LogP contribution in [0.4, 0.5) is 0 Å². The van der Waals surface area contributed by atoms with E-state index in [4.69, 9.17) is 4.74 Å². The second-order valence-corrected chi connectivity index (χ2v) is 5.78. The molecule has 30 heavy (non-hydrogen) atoms. The molecule has 1 fully saturated rings. The number of hydrogen-bond acceptors (Lipinski definition) is 4. The minimum Gasteiger partial charge on any atom is -0.504 e. The summed E-state index contributed by atoms with van der Waals surface area (Å²) in [6, 6.07) is 4.74. The molecule has 1 aliphatic carbocycles. The van der Waals surface area contributed by atoms with Gasteiger partial charge in [0.15, 0.2) is 23.1 Å². The molecule has 0 amide bonds. The molecule has 0 aliphatic heterocycles. The Morgan fingerprint density at radius 1 is 1.00 bits per heavy atom. The van der Waals surface area contributed by atoms with Crippen LogP contribution in [0.1, 0.15) is 12.0 Å². The van der Waals surface area contributed by atoms with Crippen molar-refractivity contribution in [3.63, 3.8) is 0 Å². The summed E-state index contributed by atoms with van der Waals surface area (Å²) in [5, 5.41) is 9.50. The predicted molar refractivity (Wildman–Crippen MR) is 116 cm³/mol. The molecule has 1 N–H and O–H groups in total. The second-order valence-electron chi connectivity index (χ2n) is 5.78. The molecule has 5 heteroatoms. The Morgan fingerprint density at radius 3 is 2.10 bits per heavy atom. The van der Waals surface area contributed by atoms with Crippen LogP contribution in [0, 0.1) is 71.1 Å². The molecule has 1 saturated carbocycles. The number of ketones is 2. The summed E-state index contributed by atoms with van der Waals surface area (Å²) in [5.74, 6) is 0.757. The number of unbranched alkanes of at least 4 members (excludes halogenated alkanes) is 3. The van der Waals surface area contributed by atoms with E-state index in [0.29, 0.717) is 11.3 Å². The third-order valence-electron chi connectivity index (χ3n) is 3.55. The van der Waals surface area contributed by atoms with Gasteiger partial charge in [-0.15, -0.1) is 0 Å². The number of carbonyl (C=O) groups is 2. The summed E-state index contributed by atoms with van der Waals surface area (Å²) in [6.07, 6.45) is 20.4. The van der Waals surface area contributed by atoms with E-state index in [1.165, 1.54) is 25.3 Å². The average molecular weight is 445 g/mol. The molecule has 155 valence electrons. The molecule has 0 bridgehead atoms. The fourth-order valence-corrected chi connectivity index (χ4v) is 2.12. The Bertz CT molecular complexity index is 684. The summed E-state index contributed by atoms with van der Waals surface area (Å²) < 4.78 is 4.99. The summed E-state index contributed by atoms with van der Waals surface area (Å²) in [4.78, 5) is 23.5. The molecule has 11 radical (unpaired) electrons. The van der Waals surface area contributed by atoms with Gasteiger partial charge in [0.2, 0.25) is 0 Å². The molecule has 4 nitrogen and oxygen atoms in total. The minimum atomic E-state index is -0.283. The molecule has 2 rings (SSSR count). The number of aromatic hydroxyl groups is 1. The molecule has 1 aromatic carbocycles. The van der Waals surface area contributed by atoms with Crippen molar-refractivity contribution in [2.24, 2.45) is 0 Å². The van der Waals surface area contributed by atoms with Crippen molar-refractivity contribution in [1.82, 2.24) is 0 Å². The van der Waals surface area contributed by atoms with Crippen LogP contribution in [-0.4, -0.2) is 23.8 Å². The molecule has 1 aliphatic rings.